The monoisotopic (exact) mass is 352 g/mol. The van der Waals surface area contributed by atoms with Crippen LogP contribution in [-0.2, 0) is 15.9 Å². The second-order valence-corrected chi connectivity index (χ2v) is 5.31. The number of nitrogens with one attached hydrogen (secondary N) is 1. The van der Waals surface area contributed by atoms with E-state index in [4.69, 9.17) is 4.74 Å². The summed E-state index contributed by atoms with van der Waals surface area (Å²) in [6.45, 7) is 0.177. The average Bonchev–Trinajstić information content (AvgIpc) is 3.19. The predicted molar refractivity (Wildman–Crippen MR) is 91.4 cm³/mol. The van der Waals surface area contributed by atoms with Gasteiger partial charge in [-0.25, -0.2) is 14.6 Å². The molecule has 0 radical (unpaired) electrons. The van der Waals surface area contributed by atoms with Crippen molar-refractivity contribution in [3.8, 4) is 11.4 Å². The summed E-state index contributed by atoms with van der Waals surface area (Å²) in [4.78, 5) is 31.6. The van der Waals surface area contributed by atoms with E-state index < -0.39 is 11.9 Å². The highest BCUT2D eigenvalue weighted by atomic mass is 16.5. The minimum absolute atomic E-state index is 0.177. The SMILES string of the molecule is COC(=O)c1ccc(CCOC(=O)c2cc(-c3ccccn3)n[nH]2)cn1. The van der Waals surface area contributed by atoms with E-state index in [1.165, 1.54) is 7.11 Å². The summed E-state index contributed by atoms with van der Waals surface area (Å²) in [7, 11) is 1.30. The Morgan fingerprint density at radius 3 is 2.65 bits per heavy atom. The zero-order valence-corrected chi connectivity index (χ0v) is 14.0. The van der Waals surface area contributed by atoms with Gasteiger partial charge < -0.3 is 9.47 Å². The van der Waals surface area contributed by atoms with Gasteiger partial charge in [0.15, 0.2) is 0 Å². The van der Waals surface area contributed by atoms with Gasteiger partial charge in [0.25, 0.3) is 0 Å². The van der Waals surface area contributed by atoms with Gasteiger partial charge in [-0.2, -0.15) is 5.10 Å². The van der Waals surface area contributed by atoms with Crippen LogP contribution < -0.4 is 0 Å². The van der Waals surface area contributed by atoms with Crippen molar-refractivity contribution in [1.82, 2.24) is 20.2 Å². The van der Waals surface area contributed by atoms with Crippen molar-refractivity contribution in [2.75, 3.05) is 13.7 Å². The molecule has 132 valence electrons. The maximum Gasteiger partial charge on any atom is 0.356 e. The third-order valence-corrected chi connectivity index (χ3v) is 3.57. The van der Waals surface area contributed by atoms with Gasteiger partial charge in [-0.3, -0.25) is 10.1 Å². The Hall–Kier alpha value is -3.55. The lowest BCUT2D eigenvalue weighted by Gasteiger charge is -2.04. The first kappa shape index (κ1) is 17.3. The molecule has 3 aromatic rings. The number of carbonyl (C=O) groups excluding carboxylic acids is 2. The summed E-state index contributed by atoms with van der Waals surface area (Å²) in [5.74, 6) is -0.996. The summed E-state index contributed by atoms with van der Waals surface area (Å²) in [5, 5.41) is 6.72. The third-order valence-electron chi connectivity index (χ3n) is 3.57. The second kappa shape index (κ2) is 8.02. The van der Waals surface area contributed by atoms with Gasteiger partial charge in [0.05, 0.1) is 19.4 Å². The topological polar surface area (TPSA) is 107 Å². The molecule has 1 N–H and O–H groups in total. The first-order valence-corrected chi connectivity index (χ1v) is 7.84. The molecule has 0 aromatic carbocycles. The number of hydrogen-bond donors (Lipinski definition) is 1. The summed E-state index contributed by atoms with van der Waals surface area (Å²) in [6.07, 6.45) is 3.68. The van der Waals surface area contributed by atoms with Crippen molar-refractivity contribution in [3.63, 3.8) is 0 Å². The summed E-state index contributed by atoms with van der Waals surface area (Å²) in [6, 6.07) is 10.3. The molecule has 0 saturated heterocycles. The number of ether oxygens (including phenoxy) is 2. The van der Waals surface area contributed by atoms with Crippen LogP contribution in [0.5, 0.6) is 0 Å². The fourth-order valence-electron chi connectivity index (χ4n) is 2.21. The van der Waals surface area contributed by atoms with E-state index >= 15 is 0 Å². The number of hydrogen-bond acceptors (Lipinski definition) is 7. The molecule has 8 nitrogen and oxygen atoms in total. The molecule has 0 atom stereocenters. The predicted octanol–water partition coefficient (Wildman–Crippen LogP) is 2.05. The molecule has 0 unspecified atom stereocenters. The standard InChI is InChI=1S/C18H16N4O4/c1-25-17(23)14-6-5-12(11-20-14)7-9-26-18(24)16-10-15(21-22-16)13-4-2-3-8-19-13/h2-6,8,10-11H,7,9H2,1H3,(H,21,22). The molecule has 3 rings (SSSR count). The fraction of sp³-hybridized carbons (Fsp3) is 0.167. The van der Waals surface area contributed by atoms with Crippen LogP contribution in [-0.4, -0.2) is 45.8 Å². The number of rotatable bonds is 6. The van der Waals surface area contributed by atoms with Crippen LogP contribution in [0, 0.1) is 0 Å². The summed E-state index contributed by atoms with van der Waals surface area (Å²) >= 11 is 0. The number of H-pyrrole nitrogens is 1. The van der Waals surface area contributed by atoms with E-state index in [1.54, 1.807) is 42.7 Å². The Morgan fingerprint density at radius 2 is 1.96 bits per heavy atom. The fourth-order valence-corrected chi connectivity index (χ4v) is 2.21. The molecule has 0 aliphatic carbocycles. The lowest BCUT2D eigenvalue weighted by molar-refractivity contribution is 0.0502. The lowest BCUT2D eigenvalue weighted by Crippen LogP contribution is -2.09. The van der Waals surface area contributed by atoms with Crippen LogP contribution in [0.2, 0.25) is 0 Å². The van der Waals surface area contributed by atoms with Crippen LogP contribution in [0.15, 0.2) is 48.8 Å². The average molecular weight is 352 g/mol. The van der Waals surface area contributed by atoms with Crippen molar-refractivity contribution in [2.24, 2.45) is 0 Å². The first-order chi connectivity index (χ1) is 12.7. The van der Waals surface area contributed by atoms with Crippen LogP contribution in [0.4, 0.5) is 0 Å². The molecule has 3 aromatic heterocycles. The molecule has 3 heterocycles. The number of pyridine rings is 2. The highest BCUT2D eigenvalue weighted by molar-refractivity contribution is 5.88. The minimum Gasteiger partial charge on any atom is -0.464 e. The van der Waals surface area contributed by atoms with Crippen molar-refractivity contribution in [3.05, 3.63) is 65.7 Å². The van der Waals surface area contributed by atoms with Gasteiger partial charge in [0.1, 0.15) is 17.1 Å². The molecule has 0 fully saturated rings. The van der Waals surface area contributed by atoms with Crippen LogP contribution in [0.1, 0.15) is 26.5 Å². The number of aromatic nitrogens is 4. The lowest BCUT2D eigenvalue weighted by atomic mass is 10.2. The van der Waals surface area contributed by atoms with E-state index in [2.05, 4.69) is 24.9 Å². The van der Waals surface area contributed by atoms with Crippen molar-refractivity contribution < 1.29 is 19.1 Å². The number of methoxy groups -OCH3 is 1. The van der Waals surface area contributed by atoms with Crippen LogP contribution in [0.3, 0.4) is 0 Å². The number of nitrogens with zero attached hydrogens (tertiary/aromatic N) is 3. The quantitative estimate of drug-likeness (QED) is 0.677. The Bertz CT molecular complexity index is 891. The molecular formula is C18H16N4O4. The van der Waals surface area contributed by atoms with Gasteiger partial charge in [-0.05, 0) is 23.8 Å². The summed E-state index contributed by atoms with van der Waals surface area (Å²) in [5.41, 5.74) is 2.56. The highest BCUT2D eigenvalue weighted by Gasteiger charge is 2.13. The van der Waals surface area contributed by atoms with Crippen molar-refractivity contribution >= 4 is 11.9 Å². The van der Waals surface area contributed by atoms with Gasteiger partial charge in [-0.1, -0.05) is 12.1 Å². The molecule has 8 heteroatoms. The van der Waals surface area contributed by atoms with Crippen molar-refractivity contribution in [1.29, 1.82) is 0 Å². The van der Waals surface area contributed by atoms with E-state index in [0.717, 1.165) is 5.56 Å². The Balaban J connectivity index is 1.53. The maximum absolute atomic E-state index is 12.1. The molecule has 0 spiro atoms. The zero-order valence-electron chi connectivity index (χ0n) is 14.0. The van der Waals surface area contributed by atoms with Gasteiger partial charge >= 0.3 is 11.9 Å². The molecule has 0 aliphatic heterocycles. The van der Waals surface area contributed by atoms with E-state index in [1.807, 2.05) is 6.07 Å². The van der Waals surface area contributed by atoms with Crippen LogP contribution in [0.25, 0.3) is 11.4 Å². The molecule has 0 aliphatic rings. The van der Waals surface area contributed by atoms with E-state index in [-0.39, 0.29) is 18.0 Å². The maximum atomic E-state index is 12.1. The highest BCUT2D eigenvalue weighted by Crippen LogP contribution is 2.14. The number of carbonyl (C=O) groups is 2. The van der Waals surface area contributed by atoms with Crippen LogP contribution >= 0.6 is 0 Å². The van der Waals surface area contributed by atoms with Crippen molar-refractivity contribution in [2.45, 2.75) is 6.42 Å². The number of aromatic amines is 1. The molecule has 0 saturated carbocycles. The Kier molecular flexibility index (Phi) is 5.33. The first-order valence-electron chi connectivity index (χ1n) is 7.84. The summed E-state index contributed by atoms with van der Waals surface area (Å²) < 4.78 is 9.82. The molecule has 26 heavy (non-hydrogen) atoms. The third kappa shape index (κ3) is 4.10. The van der Waals surface area contributed by atoms with Gasteiger partial charge in [-0.15, -0.1) is 0 Å². The largest absolute Gasteiger partial charge is 0.464 e. The zero-order chi connectivity index (χ0) is 18.4. The van der Waals surface area contributed by atoms with Gasteiger partial charge in [0.2, 0.25) is 0 Å². The normalized spacial score (nSPS) is 10.3. The Morgan fingerprint density at radius 1 is 1.08 bits per heavy atom. The smallest absolute Gasteiger partial charge is 0.356 e. The van der Waals surface area contributed by atoms with E-state index in [9.17, 15) is 9.59 Å². The van der Waals surface area contributed by atoms with Gasteiger partial charge in [0, 0.05) is 24.9 Å². The number of esters is 2. The molecule has 0 bridgehead atoms. The Labute approximate surface area is 149 Å². The minimum atomic E-state index is -0.501. The second-order valence-electron chi connectivity index (χ2n) is 5.31. The van der Waals surface area contributed by atoms with E-state index in [0.29, 0.717) is 17.8 Å². The molecular weight excluding hydrogens is 336 g/mol. The molecule has 0 amide bonds.